The summed E-state index contributed by atoms with van der Waals surface area (Å²) in [4.78, 5) is 0. The van der Waals surface area contributed by atoms with Gasteiger partial charge in [-0.25, -0.2) is 0 Å². The molecule has 0 saturated heterocycles. The highest BCUT2D eigenvalue weighted by Gasteiger charge is 2.21. The van der Waals surface area contributed by atoms with Crippen LogP contribution in [0.25, 0.3) is 5.57 Å². The van der Waals surface area contributed by atoms with Gasteiger partial charge in [-0.2, -0.15) is 0 Å². The molecule has 0 unspecified atom stereocenters. The summed E-state index contributed by atoms with van der Waals surface area (Å²) >= 11 is 0. The molecule has 0 bridgehead atoms. The molecule has 1 aromatic carbocycles. The van der Waals surface area contributed by atoms with Gasteiger partial charge in [0.15, 0.2) is 11.5 Å². The summed E-state index contributed by atoms with van der Waals surface area (Å²) in [5.41, 5.74) is 3.82. The fourth-order valence-corrected chi connectivity index (χ4v) is 1.98. The molecule has 18 heavy (non-hydrogen) atoms. The van der Waals surface area contributed by atoms with Crippen molar-refractivity contribution in [3.8, 4) is 11.5 Å². The van der Waals surface area contributed by atoms with Gasteiger partial charge in [-0.15, -0.1) is 0 Å². The molecule has 1 aromatic rings. The molecule has 1 rings (SSSR count). The normalized spacial score (nSPS) is 12.5. The molecule has 0 saturated carbocycles. The van der Waals surface area contributed by atoms with Gasteiger partial charge in [0.05, 0.1) is 14.2 Å². The highest BCUT2D eigenvalue weighted by atomic mass is 16.5. The molecule has 0 radical (unpaired) electrons. The lowest BCUT2D eigenvalue weighted by Crippen LogP contribution is -2.14. The van der Waals surface area contributed by atoms with Crippen LogP contribution in [0.4, 0.5) is 0 Å². The lowest BCUT2D eigenvalue weighted by molar-refractivity contribution is 0.353. The molecule has 0 fully saturated rings. The zero-order valence-corrected chi connectivity index (χ0v) is 12.5. The highest BCUT2D eigenvalue weighted by Crippen LogP contribution is 2.38. The molecular weight excluding hydrogens is 224 g/mol. The molecule has 2 heteroatoms. The molecule has 0 aliphatic carbocycles. The molecule has 0 aliphatic heterocycles. The zero-order valence-electron chi connectivity index (χ0n) is 12.5. The average Bonchev–Trinajstić information content (AvgIpc) is 2.34. The Morgan fingerprint density at radius 3 is 1.94 bits per heavy atom. The Balaban J connectivity index is 3.56. The monoisotopic (exact) mass is 248 g/mol. The third-order valence-corrected chi connectivity index (χ3v) is 3.19. The Kier molecular flexibility index (Phi) is 4.44. The van der Waals surface area contributed by atoms with E-state index in [-0.39, 0.29) is 5.41 Å². The molecule has 0 atom stereocenters. The SMILES string of the molecule is CC=C(C)c1cc(OC)c(OC)cc1C(C)(C)C. The fraction of sp³-hybridized carbons (Fsp3) is 0.500. The summed E-state index contributed by atoms with van der Waals surface area (Å²) in [5, 5.41) is 0. The van der Waals surface area contributed by atoms with Crippen molar-refractivity contribution in [2.45, 2.75) is 40.0 Å². The van der Waals surface area contributed by atoms with Crippen molar-refractivity contribution in [1.82, 2.24) is 0 Å². The van der Waals surface area contributed by atoms with E-state index >= 15 is 0 Å². The van der Waals surface area contributed by atoms with Gasteiger partial charge in [-0.05, 0) is 48.1 Å². The van der Waals surface area contributed by atoms with Gasteiger partial charge in [0.1, 0.15) is 0 Å². The molecule has 2 nitrogen and oxygen atoms in total. The van der Waals surface area contributed by atoms with Gasteiger partial charge >= 0.3 is 0 Å². The molecule has 0 aromatic heterocycles. The van der Waals surface area contributed by atoms with E-state index in [0.717, 1.165) is 11.5 Å². The molecular formula is C16H24O2. The van der Waals surface area contributed by atoms with Crippen LogP contribution < -0.4 is 9.47 Å². The van der Waals surface area contributed by atoms with E-state index in [0.29, 0.717) is 0 Å². The number of hydrogen-bond acceptors (Lipinski definition) is 2. The van der Waals surface area contributed by atoms with Crippen LogP contribution in [0.5, 0.6) is 11.5 Å². The minimum absolute atomic E-state index is 0.0686. The molecule has 0 spiro atoms. The number of hydrogen-bond donors (Lipinski definition) is 0. The first kappa shape index (κ1) is 14.6. The maximum Gasteiger partial charge on any atom is 0.161 e. The zero-order chi connectivity index (χ0) is 13.9. The van der Waals surface area contributed by atoms with Gasteiger partial charge in [-0.1, -0.05) is 26.8 Å². The summed E-state index contributed by atoms with van der Waals surface area (Å²) in [6, 6.07) is 4.15. The summed E-state index contributed by atoms with van der Waals surface area (Å²) in [7, 11) is 3.34. The summed E-state index contributed by atoms with van der Waals surface area (Å²) in [5.74, 6) is 1.57. The second kappa shape index (κ2) is 5.47. The van der Waals surface area contributed by atoms with Crippen molar-refractivity contribution in [2.24, 2.45) is 0 Å². The Morgan fingerprint density at radius 1 is 1.06 bits per heavy atom. The number of ether oxygens (including phenoxy) is 2. The number of rotatable bonds is 3. The smallest absolute Gasteiger partial charge is 0.161 e. The number of methoxy groups -OCH3 is 2. The summed E-state index contributed by atoms with van der Waals surface area (Å²) in [6.07, 6.45) is 2.12. The van der Waals surface area contributed by atoms with E-state index in [1.807, 2.05) is 0 Å². The number of benzene rings is 1. The fourth-order valence-electron chi connectivity index (χ4n) is 1.98. The van der Waals surface area contributed by atoms with Crippen LogP contribution in [-0.4, -0.2) is 14.2 Å². The van der Waals surface area contributed by atoms with Gasteiger partial charge in [0, 0.05) is 0 Å². The van der Waals surface area contributed by atoms with E-state index in [4.69, 9.17) is 9.47 Å². The van der Waals surface area contributed by atoms with Crippen molar-refractivity contribution in [3.63, 3.8) is 0 Å². The molecule has 0 amide bonds. The quantitative estimate of drug-likeness (QED) is 0.788. The first-order valence-electron chi connectivity index (χ1n) is 6.25. The lowest BCUT2D eigenvalue weighted by atomic mass is 9.81. The lowest BCUT2D eigenvalue weighted by Gasteiger charge is -2.25. The van der Waals surface area contributed by atoms with Crippen LogP contribution in [0, 0.1) is 0 Å². The molecule has 100 valence electrons. The van der Waals surface area contributed by atoms with E-state index in [1.165, 1.54) is 16.7 Å². The van der Waals surface area contributed by atoms with Gasteiger partial charge in [0.2, 0.25) is 0 Å². The molecule has 0 heterocycles. The van der Waals surface area contributed by atoms with E-state index < -0.39 is 0 Å². The first-order valence-corrected chi connectivity index (χ1v) is 6.25. The summed E-state index contributed by atoms with van der Waals surface area (Å²) in [6.45, 7) is 10.8. The topological polar surface area (TPSA) is 18.5 Å². The van der Waals surface area contributed by atoms with Crippen molar-refractivity contribution in [2.75, 3.05) is 14.2 Å². The van der Waals surface area contributed by atoms with Crippen LogP contribution in [0.1, 0.15) is 45.7 Å². The molecule has 0 aliphatic rings. The van der Waals surface area contributed by atoms with Gasteiger partial charge < -0.3 is 9.47 Å². The first-order chi connectivity index (χ1) is 8.35. The van der Waals surface area contributed by atoms with E-state index in [9.17, 15) is 0 Å². The Morgan fingerprint density at radius 2 is 1.56 bits per heavy atom. The van der Waals surface area contributed by atoms with Crippen molar-refractivity contribution >= 4 is 5.57 Å². The standard InChI is InChI=1S/C16H24O2/c1-8-11(2)12-9-14(17-6)15(18-7)10-13(12)16(3,4)5/h8-10H,1-7H3. The number of allylic oxidation sites excluding steroid dienone is 2. The van der Waals surface area contributed by atoms with Crippen molar-refractivity contribution < 1.29 is 9.47 Å². The third kappa shape index (κ3) is 2.87. The van der Waals surface area contributed by atoms with Crippen LogP contribution in [-0.2, 0) is 5.41 Å². The second-order valence-electron chi connectivity index (χ2n) is 5.47. The van der Waals surface area contributed by atoms with Crippen LogP contribution in [0.3, 0.4) is 0 Å². The van der Waals surface area contributed by atoms with Crippen molar-refractivity contribution in [1.29, 1.82) is 0 Å². The van der Waals surface area contributed by atoms with Crippen molar-refractivity contribution in [3.05, 3.63) is 29.3 Å². The predicted octanol–water partition coefficient (Wildman–Crippen LogP) is 4.42. The second-order valence-corrected chi connectivity index (χ2v) is 5.47. The van der Waals surface area contributed by atoms with Gasteiger partial charge in [0.25, 0.3) is 0 Å². The summed E-state index contributed by atoms with van der Waals surface area (Å²) < 4.78 is 10.8. The predicted molar refractivity (Wildman–Crippen MR) is 77.6 cm³/mol. The van der Waals surface area contributed by atoms with E-state index in [1.54, 1.807) is 14.2 Å². The van der Waals surface area contributed by atoms with Crippen LogP contribution in [0.15, 0.2) is 18.2 Å². The van der Waals surface area contributed by atoms with E-state index in [2.05, 4.69) is 52.8 Å². The maximum absolute atomic E-state index is 5.40. The Bertz CT molecular complexity index is 451. The minimum Gasteiger partial charge on any atom is -0.493 e. The molecule has 0 N–H and O–H groups in total. The Labute approximate surface area is 111 Å². The van der Waals surface area contributed by atoms with Gasteiger partial charge in [-0.3, -0.25) is 0 Å². The van der Waals surface area contributed by atoms with Crippen LogP contribution in [0.2, 0.25) is 0 Å². The average molecular weight is 248 g/mol. The van der Waals surface area contributed by atoms with Crippen LogP contribution >= 0.6 is 0 Å². The maximum atomic E-state index is 5.40. The third-order valence-electron chi connectivity index (χ3n) is 3.19. The minimum atomic E-state index is 0.0686. The largest absolute Gasteiger partial charge is 0.493 e. The Hall–Kier alpha value is -1.44. The highest BCUT2D eigenvalue weighted by molar-refractivity contribution is 5.70.